The number of allylic oxidation sites excluding steroid dienone is 2. The first-order chi connectivity index (χ1) is 17.2. The maximum absolute atomic E-state index is 15.5. The number of benzene rings is 3. The predicted molar refractivity (Wildman–Crippen MR) is 148 cm³/mol. The molecule has 0 amide bonds. The summed E-state index contributed by atoms with van der Waals surface area (Å²) in [4.78, 5) is 0. The number of rotatable bonds is 8. The average molecular weight is 467 g/mol. The molecule has 1 saturated carbocycles. The van der Waals surface area contributed by atoms with Gasteiger partial charge in [0.05, 0.1) is 0 Å². The smallest absolute Gasteiger partial charge is 0.134 e. The fourth-order valence-electron chi connectivity index (χ4n) is 5.44. The van der Waals surface area contributed by atoms with Gasteiger partial charge in [0.1, 0.15) is 5.82 Å². The molecule has 0 heterocycles. The quantitative estimate of drug-likeness (QED) is 0.176. The first-order valence-corrected chi connectivity index (χ1v) is 13.6. The summed E-state index contributed by atoms with van der Waals surface area (Å²) in [6.45, 7) is 4.32. The van der Waals surface area contributed by atoms with Crippen LogP contribution in [0.1, 0.15) is 99.8 Å². The Balaban J connectivity index is 1.42. The Hall–Kier alpha value is -2.85. The molecule has 3 aromatic rings. The lowest BCUT2D eigenvalue weighted by Crippen LogP contribution is -2.14. The van der Waals surface area contributed by atoms with Crippen molar-refractivity contribution in [1.82, 2.24) is 0 Å². The van der Waals surface area contributed by atoms with E-state index in [1.807, 2.05) is 24.3 Å². The van der Waals surface area contributed by atoms with Gasteiger partial charge in [0.25, 0.3) is 0 Å². The van der Waals surface area contributed by atoms with Gasteiger partial charge in [0.15, 0.2) is 0 Å². The third kappa shape index (κ3) is 6.85. The van der Waals surface area contributed by atoms with Crippen molar-refractivity contribution in [3.8, 4) is 11.8 Å². The van der Waals surface area contributed by atoms with Gasteiger partial charge in [-0.1, -0.05) is 74.1 Å². The van der Waals surface area contributed by atoms with E-state index in [1.165, 1.54) is 50.5 Å². The van der Waals surface area contributed by atoms with Gasteiger partial charge in [-0.25, -0.2) is 4.39 Å². The average Bonchev–Trinajstić information content (AvgIpc) is 2.89. The molecule has 1 aliphatic carbocycles. The van der Waals surface area contributed by atoms with Crippen LogP contribution >= 0.6 is 0 Å². The summed E-state index contributed by atoms with van der Waals surface area (Å²) in [5, 5.41) is 1.66. The van der Waals surface area contributed by atoms with Gasteiger partial charge >= 0.3 is 0 Å². The summed E-state index contributed by atoms with van der Waals surface area (Å²) in [7, 11) is 0. The van der Waals surface area contributed by atoms with Crippen LogP contribution in [0.15, 0.2) is 66.7 Å². The topological polar surface area (TPSA) is 0 Å². The van der Waals surface area contributed by atoms with Crippen molar-refractivity contribution in [2.45, 2.75) is 84.0 Å². The summed E-state index contributed by atoms with van der Waals surface area (Å²) >= 11 is 0. The number of hydrogen-bond acceptors (Lipinski definition) is 0. The molecule has 182 valence electrons. The lowest BCUT2D eigenvalue weighted by Gasteiger charge is -2.29. The molecule has 4 rings (SSSR count). The van der Waals surface area contributed by atoms with Crippen molar-refractivity contribution in [3.05, 3.63) is 94.8 Å². The maximum Gasteiger partial charge on any atom is 0.134 e. The number of hydrogen-bond donors (Lipinski definition) is 0. The van der Waals surface area contributed by atoms with E-state index in [4.69, 9.17) is 0 Å². The number of aryl methyl sites for hydroxylation is 1. The third-order valence-corrected chi connectivity index (χ3v) is 7.62. The lowest BCUT2D eigenvalue weighted by atomic mass is 9.76. The fourth-order valence-corrected chi connectivity index (χ4v) is 5.44. The molecule has 1 fully saturated rings. The van der Waals surface area contributed by atoms with Gasteiger partial charge in [0, 0.05) is 16.5 Å². The van der Waals surface area contributed by atoms with Gasteiger partial charge in [-0.15, -0.1) is 0 Å². The Bertz CT molecular complexity index is 1180. The van der Waals surface area contributed by atoms with Crippen LogP contribution in [-0.4, -0.2) is 0 Å². The second-order valence-corrected chi connectivity index (χ2v) is 10.2. The van der Waals surface area contributed by atoms with Gasteiger partial charge in [-0.2, -0.15) is 0 Å². The molecule has 3 aromatic carbocycles. The van der Waals surface area contributed by atoms with Crippen LogP contribution in [0.2, 0.25) is 0 Å². The SMILES string of the molecule is C/C=C/CCC1CCC(c2ccc3cc(C#Cc4ccc(CCCCC)cc4)ccc3c2F)CC1. The molecule has 35 heavy (non-hydrogen) atoms. The van der Waals surface area contributed by atoms with Crippen LogP contribution in [0.4, 0.5) is 4.39 Å². The zero-order valence-electron chi connectivity index (χ0n) is 21.5. The lowest BCUT2D eigenvalue weighted by molar-refractivity contribution is 0.308. The van der Waals surface area contributed by atoms with Crippen molar-refractivity contribution in [1.29, 1.82) is 0 Å². The third-order valence-electron chi connectivity index (χ3n) is 7.62. The minimum atomic E-state index is -0.0296. The van der Waals surface area contributed by atoms with Gasteiger partial charge in [0.2, 0.25) is 0 Å². The van der Waals surface area contributed by atoms with Gasteiger partial charge in [-0.3, -0.25) is 0 Å². The number of unbranched alkanes of at least 4 members (excludes halogenated alkanes) is 2. The van der Waals surface area contributed by atoms with E-state index in [0.29, 0.717) is 5.92 Å². The molecule has 0 spiro atoms. The maximum atomic E-state index is 15.5. The standard InChI is InChI=1S/C34H39F/c1-3-5-7-9-26-11-13-28(14-12-26)15-16-29-19-23-33-31(25-29)22-24-32(34(33)35)30-20-17-27(18-21-30)10-8-6-4-2/h4,6,11-14,19,22-25,27,30H,3,5,7-10,17-18,20-21H2,1-2H3/b6-4+. The van der Waals surface area contributed by atoms with E-state index in [0.717, 1.165) is 52.6 Å². The first kappa shape index (κ1) is 25.2. The molecule has 0 bridgehead atoms. The zero-order chi connectivity index (χ0) is 24.5. The molecular weight excluding hydrogens is 427 g/mol. The van der Waals surface area contributed by atoms with Crippen molar-refractivity contribution >= 4 is 10.8 Å². The van der Waals surface area contributed by atoms with E-state index in [9.17, 15) is 0 Å². The van der Waals surface area contributed by atoms with Crippen LogP contribution in [-0.2, 0) is 6.42 Å². The van der Waals surface area contributed by atoms with Crippen molar-refractivity contribution in [2.24, 2.45) is 5.92 Å². The molecule has 0 atom stereocenters. The summed E-state index contributed by atoms with van der Waals surface area (Å²) in [6.07, 6.45) is 16.4. The summed E-state index contributed by atoms with van der Waals surface area (Å²) in [5.41, 5.74) is 4.23. The van der Waals surface area contributed by atoms with Gasteiger partial charge in [-0.05, 0) is 111 Å². The van der Waals surface area contributed by atoms with Crippen molar-refractivity contribution < 1.29 is 4.39 Å². The van der Waals surface area contributed by atoms with Crippen LogP contribution < -0.4 is 0 Å². The van der Waals surface area contributed by atoms with E-state index >= 15 is 4.39 Å². The molecule has 0 nitrogen and oxygen atoms in total. The highest BCUT2D eigenvalue weighted by atomic mass is 19.1. The summed E-state index contributed by atoms with van der Waals surface area (Å²) in [5.74, 6) is 7.66. The highest BCUT2D eigenvalue weighted by Crippen LogP contribution is 2.39. The zero-order valence-corrected chi connectivity index (χ0v) is 21.5. The first-order valence-electron chi connectivity index (χ1n) is 13.6. The van der Waals surface area contributed by atoms with Crippen LogP contribution in [0, 0.1) is 23.6 Å². The molecular formula is C34H39F. The Morgan fingerprint density at radius 2 is 1.63 bits per heavy atom. The molecule has 1 heteroatoms. The van der Waals surface area contributed by atoms with E-state index in [2.05, 4.69) is 68.2 Å². The molecule has 0 radical (unpaired) electrons. The summed E-state index contributed by atoms with van der Waals surface area (Å²) in [6, 6.07) is 18.6. The Morgan fingerprint density at radius 3 is 2.37 bits per heavy atom. The molecule has 0 aromatic heterocycles. The Kier molecular flexibility index (Phi) is 9.19. The molecule has 0 N–H and O–H groups in total. The van der Waals surface area contributed by atoms with E-state index in [1.54, 1.807) is 0 Å². The summed E-state index contributed by atoms with van der Waals surface area (Å²) < 4.78 is 15.5. The van der Waals surface area contributed by atoms with Crippen LogP contribution in [0.5, 0.6) is 0 Å². The molecule has 0 aliphatic heterocycles. The minimum absolute atomic E-state index is 0.0296. The van der Waals surface area contributed by atoms with Crippen molar-refractivity contribution in [3.63, 3.8) is 0 Å². The molecule has 0 saturated heterocycles. The Labute approximate surface area is 211 Å². The highest BCUT2D eigenvalue weighted by Gasteiger charge is 2.24. The second kappa shape index (κ2) is 12.7. The fraction of sp³-hybridized carbons (Fsp3) is 0.412. The predicted octanol–water partition coefficient (Wildman–Crippen LogP) is 9.74. The van der Waals surface area contributed by atoms with Crippen molar-refractivity contribution in [2.75, 3.05) is 0 Å². The minimum Gasteiger partial charge on any atom is -0.206 e. The monoisotopic (exact) mass is 466 g/mol. The molecule has 0 unspecified atom stereocenters. The Morgan fingerprint density at radius 1 is 0.886 bits per heavy atom. The van der Waals surface area contributed by atoms with E-state index < -0.39 is 0 Å². The highest BCUT2D eigenvalue weighted by molar-refractivity contribution is 5.85. The normalized spacial score (nSPS) is 18.0. The largest absolute Gasteiger partial charge is 0.206 e. The number of fused-ring (bicyclic) bond motifs is 1. The van der Waals surface area contributed by atoms with Crippen LogP contribution in [0.3, 0.4) is 0 Å². The number of halogens is 1. The van der Waals surface area contributed by atoms with Gasteiger partial charge < -0.3 is 0 Å². The second-order valence-electron chi connectivity index (χ2n) is 10.2. The van der Waals surface area contributed by atoms with Crippen LogP contribution in [0.25, 0.3) is 10.8 Å². The molecule has 1 aliphatic rings. The van der Waals surface area contributed by atoms with E-state index in [-0.39, 0.29) is 5.82 Å².